The first kappa shape index (κ1) is 10.7. The van der Waals surface area contributed by atoms with Crippen LogP contribution >= 0.6 is 0 Å². The number of fused-ring (bicyclic) bond motifs is 1. The zero-order chi connectivity index (χ0) is 11.2. The summed E-state index contributed by atoms with van der Waals surface area (Å²) in [5.41, 5.74) is 0.161. The number of hydrogen-bond donors (Lipinski definition) is 1. The SMILES string of the molecule is CC(C)(C)N1CC[C@H]2CN(C(=O)O)C[C@H]21. The number of hydrogen-bond acceptors (Lipinski definition) is 2. The second-order valence-corrected chi connectivity index (χ2v) is 5.67. The van der Waals surface area contributed by atoms with Gasteiger partial charge in [0.1, 0.15) is 0 Å². The average Bonchev–Trinajstić information content (AvgIpc) is 2.56. The van der Waals surface area contributed by atoms with E-state index in [1.54, 1.807) is 4.90 Å². The van der Waals surface area contributed by atoms with Crippen LogP contribution in [0.15, 0.2) is 0 Å². The normalized spacial score (nSPS) is 32.1. The van der Waals surface area contributed by atoms with Gasteiger partial charge in [-0.05, 0) is 39.7 Å². The fourth-order valence-corrected chi connectivity index (χ4v) is 2.95. The van der Waals surface area contributed by atoms with E-state index in [0.717, 1.165) is 19.5 Å². The Balaban J connectivity index is 2.08. The highest BCUT2D eigenvalue weighted by molar-refractivity contribution is 5.65. The Hall–Kier alpha value is -0.770. The van der Waals surface area contributed by atoms with Crippen LogP contribution in [0.25, 0.3) is 0 Å². The lowest BCUT2D eigenvalue weighted by Crippen LogP contribution is -2.47. The molecule has 0 radical (unpaired) electrons. The average molecular weight is 212 g/mol. The van der Waals surface area contributed by atoms with Crippen LogP contribution in [0.3, 0.4) is 0 Å². The highest BCUT2D eigenvalue weighted by atomic mass is 16.4. The molecule has 2 saturated heterocycles. The van der Waals surface area contributed by atoms with Crippen LogP contribution in [-0.4, -0.2) is 52.2 Å². The predicted molar refractivity (Wildman–Crippen MR) is 58.0 cm³/mol. The van der Waals surface area contributed by atoms with Gasteiger partial charge in [-0.15, -0.1) is 0 Å². The monoisotopic (exact) mass is 212 g/mol. The number of carbonyl (C=O) groups is 1. The van der Waals surface area contributed by atoms with Gasteiger partial charge in [0.2, 0.25) is 0 Å². The Bertz CT molecular complexity index is 272. The van der Waals surface area contributed by atoms with Crippen LogP contribution < -0.4 is 0 Å². The topological polar surface area (TPSA) is 43.8 Å². The van der Waals surface area contributed by atoms with Crippen LogP contribution in [-0.2, 0) is 0 Å². The van der Waals surface area contributed by atoms with Crippen molar-refractivity contribution in [2.75, 3.05) is 19.6 Å². The van der Waals surface area contributed by atoms with Crippen molar-refractivity contribution in [3.05, 3.63) is 0 Å². The van der Waals surface area contributed by atoms with Gasteiger partial charge in [-0.1, -0.05) is 0 Å². The van der Waals surface area contributed by atoms with Gasteiger partial charge < -0.3 is 10.0 Å². The van der Waals surface area contributed by atoms with E-state index in [-0.39, 0.29) is 5.54 Å². The molecule has 4 nitrogen and oxygen atoms in total. The lowest BCUT2D eigenvalue weighted by Gasteiger charge is -2.36. The second-order valence-electron chi connectivity index (χ2n) is 5.67. The van der Waals surface area contributed by atoms with Gasteiger partial charge in [0.15, 0.2) is 0 Å². The summed E-state index contributed by atoms with van der Waals surface area (Å²) in [5.74, 6) is 0.556. The zero-order valence-electron chi connectivity index (χ0n) is 9.73. The molecule has 2 atom stereocenters. The molecule has 0 saturated carbocycles. The van der Waals surface area contributed by atoms with Gasteiger partial charge >= 0.3 is 6.09 Å². The molecule has 0 spiro atoms. The zero-order valence-corrected chi connectivity index (χ0v) is 9.73. The van der Waals surface area contributed by atoms with E-state index >= 15 is 0 Å². The van der Waals surface area contributed by atoms with Crippen molar-refractivity contribution in [3.63, 3.8) is 0 Å². The Morgan fingerprint density at radius 2 is 2.00 bits per heavy atom. The minimum Gasteiger partial charge on any atom is -0.465 e. The quantitative estimate of drug-likeness (QED) is 0.661. The lowest BCUT2D eigenvalue weighted by atomic mass is 10.0. The van der Waals surface area contributed by atoms with Crippen LogP contribution in [0.1, 0.15) is 27.2 Å². The third kappa shape index (κ3) is 1.83. The lowest BCUT2D eigenvalue weighted by molar-refractivity contribution is 0.107. The smallest absolute Gasteiger partial charge is 0.407 e. The van der Waals surface area contributed by atoms with Crippen molar-refractivity contribution < 1.29 is 9.90 Å². The molecule has 0 aromatic heterocycles. The summed E-state index contributed by atoms with van der Waals surface area (Å²) in [6.45, 7) is 9.16. The number of carboxylic acid groups (broad SMARTS) is 1. The van der Waals surface area contributed by atoms with E-state index in [4.69, 9.17) is 5.11 Å². The molecule has 0 aromatic rings. The third-order valence-corrected chi connectivity index (χ3v) is 3.68. The van der Waals surface area contributed by atoms with E-state index in [2.05, 4.69) is 25.7 Å². The maximum absolute atomic E-state index is 10.9. The van der Waals surface area contributed by atoms with Gasteiger partial charge in [0.25, 0.3) is 0 Å². The van der Waals surface area contributed by atoms with Crippen molar-refractivity contribution in [1.29, 1.82) is 0 Å². The molecule has 0 bridgehead atoms. The molecule has 0 unspecified atom stereocenters. The molecule has 1 N–H and O–H groups in total. The standard InChI is InChI=1S/C11H20N2O2/c1-11(2,3)13-5-4-8-6-12(10(14)15)7-9(8)13/h8-9H,4-7H2,1-3H3,(H,14,15)/t8-,9+/m0/s1. The summed E-state index contributed by atoms with van der Waals surface area (Å²) in [6.07, 6.45) is 0.379. The van der Waals surface area contributed by atoms with Gasteiger partial charge in [-0.3, -0.25) is 4.90 Å². The van der Waals surface area contributed by atoms with E-state index in [1.165, 1.54) is 0 Å². The van der Waals surface area contributed by atoms with Crippen molar-refractivity contribution >= 4 is 6.09 Å². The summed E-state index contributed by atoms with van der Waals surface area (Å²) in [4.78, 5) is 14.9. The maximum atomic E-state index is 10.9. The Kier molecular flexibility index (Phi) is 2.41. The summed E-state index contributed by atoms with van der Waals surface area (Å²) in [7, 11) is 0. The van der Waals surface area contributed by atoms with E-state index in [9.17, 15) is 4.79 Å². The fraction of sp³-hybridized carbons (Fsp3) is 0.909. The fourth-order valence-electron chi connectivity index (χ4n) is 2.95. The summed E-state index contributed by atoms with van der Waals surface area (Å²) >= 11 is 0. The van der Waals surface area contributed by atoms with E-state index < -0.39 is 6.09 Å². The van der Waals surface area contributed by atoms with Crippen LogP contribution in [0.4, 0.5) is 4.79 Å². The number of likely N-dealkylation sites (tertiary alicyclic amines) is 2. The molecule has 2 rings (SSSR count). The molecular weight excluding hydrogens is 192 g/mol. The van der Waals surface area contributed by atoms with Crippen LogP contribution in [0, 0.1) is 5.92 Å². The second kappa shape index (κ2) is 3.37. The highest BCUT2D eigenvalue weighted by Gasteiger charge is 2.45. The predicted octanol–water partition coefficient (Wildman–Crippen LogP) is 1.47. The number of rotatable bonds is 0. The minimum atomic E-state index is -0.766. The molecule has 2 aliphatic heterocycles. The minimum absolute atomic E-state index is 0.161. The third-order valence-electron chi connectivity index (χ3n) is 3.68. The highest BCUT2D eigenvalue weighted by Crippen LogP contribution is 2.35. The Morgan fingerprint density at radius 3 is 2.53 bits per heavy atom. The van der Waals surface area contributed by atoms with E-state index in [0.29, 0.717) is 18.5 Å². The molecule has 0 aliphatic carbocycles. The first-order valence-corrected chi connectivity index (χ1v) is 5.64. The molecule has 0 aromatic carbocycles. The van der Waals surface area contributed by atoms with Gasteiger partial charge in [0, 0.05) is 24.7 Å². The molecular formula is C11H20N2O2. The number of amides is 1. The molecule has 86 valence electrons. The molecule has 1 amide bonds. The summed E-state index contributed by atoms with van der Waals surface area (Å²) in [5, 5.41) is 8.96. The van der Waals surface area contributed by atoms with Crippen LogP contribution in [0.5, 0.6) is 0 Å². The van der Waals surface area contributed by atoms with Gasteiger partial charge in [-0.2, -0.15) is 0 Å². The number of nitrogens with zero attached hydrogens (tertiary/aromatic N) is 2. The van der Waals surface area contributed by atoms with Crippen LogP contribution in [0.2, 0.25) is 0 Å². The molecule has 15 heavy (non-hydrogen) atoms. The van der Waals surface area contributed by atoms with E-state index in [1.807, 2.05) is 0 Å². The molecule has 2 fully saturated rings. The molecule has 2 heterocycles. The summed E-state index contributed by atoms with van der Waals surface area (Å²) < 4.78 is 0. The Morgan fingerprint density at radius 1 is 1.33 bits per heavy atom. The van der Waals surface area contributed by atoms with Gasteiger partial charge in [0.05, 0.1) is 0 Å². The summed E-state index contributed by atoms with van der Waals surface area (Å²) in [6, 6.07) is 0.445. The van der Waals surface area contributed by atoms with Gasteiger partial charge in [-0.25, -0.2) is 4.79 Å². The first-order valence-electron chi connectivity index (χ1n) is 5.64. The van der Waals surface area contributed by atoms with Crippen molar-refractivity contribution in [1.82, 2.24) is 9.80 Å². The van der Waals surface area contributed by atoms with Crippen molar-refractivity contribution in [2.24, 2.45) is 5.92 Å². The first-order chi connectivity index (χ1) is 6.89. The maximum Gasteiger partial charge on any atom is 0.407 e. The van der Waals surface area contributed by atoms with Crippen molar-refractivity contribution in [2.45, 2.75) is 38.8 Å². The molecule has 2 aliphatic rings. The largest absolute Gasteiger partial charge is 0.465 e. The molecule has 4 heteroatoms. The Labute approximate surface area is 90.9 Å². The van der Waals surface area contributed by atoms with Crippen molar-refractivity contribution in [3.8, 4) is 0 Å².